The van der Waals surface area contributed by atoms with Gasteiger partial charge in [-0.3, -0.25) is 0 Å². The Balaban J connectivity index is 3.34. The average Bonchev–Trinajstić information content (AvgIpc) is 2.26. The van der Waals surface area contributed by atoms with E-state index in [0.29, 0.717) is 11.8 Å². The van der Waals surface area contributed by atoms with Gasteiger partial charge in [0.05, 0.1) is 0 Å². The summed E-state index contributed by atoms with van der Waals surface area (Å²) in [7, 11) is 0. The van der Waals surface area contributed by atoms with E-state index in [0.717, 1.165) is 0 Å². The van der Waals surface area contributed by atoms with Crippen LogP contribution >= 0.6 is 0 Å². The van der Waals surface area contributed by atoms with Gasteiger partial charge in [0.15, 0.2) is 0 Å². The summed E-state index contributed by atoms with van der Waals surface area (Å²) in [5, 5.41) is 0. The van der Waals surface area contributed by atoms with Crippen LogP contribution < -0.4 is 0 Å². The van der Waals surface area contributed by atoms with E-state index in [4.69, 9.17) is 6.99 Å². The Morgan fingerprint density at radius 1 is 0.947 bits per heavy atom. The molecular weight excluding hydrogens is 316 g/mol. The molecule has 0 bridgehead atoms. The molecular formula is C16H26MoN2+2. The van der Waals surface area contributed by atoms with Gasteiger partial charge in [-0.1, -0.05) is 0 Å². The van der Waals surface area contributed by atoms with Crippen LogP contribution in [0.2, 0.25) is 0 Å². The Labute approximate surface area is 126 Å². The summed E-state index contributed by atoms with van der Waals surface area (Å²) in [6, 6.07) is 6.57. The summed E-state index contributed by atoms with van der Waals surface area (Å²) >= 11 is -0.665. The van der Waals surface area contributed by atoms with Crippen molar-refractivity contribution in [3.63, 3.8) is 0 Å². The molecule has 0 spiro atoms. The van der Waals surface area contributed by atoms with E-state index < -0.39 is 18.2 Å². The van der Waals surface area contributed by atoms with Gasteiger partial charge in [-0.25, -0.2) is 0 Å². The predicted molar refractivity (Wildman–Crippen MR) is 78.9 cm³/mol. The number of hydrogen-bond acceptors (Lipinski definition) is 2. The number of benzene rings is 1. The minimum atomic E-state index is -0.665. The second-order valence-electron chi connectivity index (χ2n) is 6.53. The van der Waals surface area contributed by atoms with Crippen LogP contribution in [0.25, 0.3) is 0 Å². The third-order valence-electron chi connectivity index (χ3n) is 2.79. The molecule has 0 saturated carbocycles. The van der Waals surface area contributed by atoms with Crippen LogP contribution in [0, 0.1) is 0 Å². The molecule has 1 aromatic rings. The SMILES string of the molecule is CC(C)c1cccc(C(C)C)c1[N]=[Mo+2]=[N]C(C)(C)C. The first kappa shape index (κ1) is 16.6. The molecule has 0 amide bonds. The molecule has 0 heterocycles. The Morgan fingerprint density at radius 2 is 1.42 bits per heavy atom. The summed E-state index contributed by atoms with van der Waals surface area (Å²) in [6.07, 6.45) is 0. The molecule has 0 aliphatic carbocycles. The van der Waals surface area contributed by atoms with E-state index in [1.54, 1.807) is 0 Å². The topological polar surface area (TPSA) is 24.7 Å². The second kappa shape index (κ2) is 6.79. The molecule has 2 nitrogen and oxygen atoms in total. The van der Waals surface area contributed by atoms with Gasteiger partial charge in [-0.05, 0) is 0 Å². The van der Waals surface area contributed by atoms with Gasteiger partial charge in [0.1, 0.15) is 0 Å². The van der Waals surface area contributed by atoms with Gasteiger partial charge in [0.25, 0.3) is 0 Å². The van der Waals surface area contributed by atoms with Crippen LogP contribution in [0.1, 0.15) is 71.4 Å². The first-order valence-electron chi connectivity index (χ1n) is 6.94. The molecule has 0 atom stereocenters. The maximum absolute atomic E-state index is 4.90. The third-order valence-corrected chi connectivity index (χ3v) is 4.99. The predicted octanol–water partition coefficient (Wildman–Crippen LogP) is 5.81. The van der Waals surface area contributed by atoms with E-state index in [9.17, 15) is 0 Å². The van der Waals surface area contributed by atoms with Crippen LogP contribution in [0.15, 0.2) is 25.2 Å². The molecule has 0 unspecified atom stereocenters. The van der Waals surface area contributed by atoms with Gasteiger partial charge in [0.2, 0.25) is 0 Å². The van der Waals surface area contributed by atoms with Crippen LogP contribution in [-0.4, -0.2) is 5.54 Å². The molecule has 19 heavy (non-hydrogen) atoms. The monoisotopic (exact) mass is 344 g/mol. The zero-order chi connectivity index (χ0) is 14.6. The number of hydrogen-bond donors (Lipinski definition) is 0. The summed E-state index contributed by atoms with van der Waals surface area (Å²) in [6.45, 7) is 15.4. The van der Waals surface area contributed by atoms with Crippen LogP contribution in [-0.2, 0) is 18.2 Å². The van der Waals surface area contributed by atoms with Gasteiger partial charge in [0, 0.05) is 0 Å². The fourth-order valence-corrected chi connectivity index (χ4v) is 3.22. The summed E-state index contributed by atoms with van der Waals surface area (Å²) in [5.41, 5.74) is 3.97. The fraction of sp³-hybridized carbons (Fsp3) is 0.625. The molecule has 0 fully saturated rings. The van der Waals surface area contributed by atoms with E-state index in [1.165, 1.54) is 16.8 Å². The van der Waals surface area contributed by atoms with Crippen LogP contribution in [0.4, 0.5) is 5.69 Å². The Hall–Kier alpha value is -0.492. The van der Waals surface area contributed by atoms with Crippen molar-refractivity contribution < 1.29 is 18.2 Å². The molecule has 1 aromatic carbocycles. The Morgan fingerprint density at radius 3 is 1.79 bits per heavy atom. The maximum atomic E-state index is 4.90. The Kier molecular flexibility index (Phi) is 5.92. The van der Waals surface area contributed by atoms with Gasteiger partial charge >= 0.3 is 126 Å². The number of rotatable bonds is 3. The van der Waals surface area contributed by atoms with Gasteiger partial charge in [-0.15, -0.1) is 0 Å². The van der Waals surface area contributed by atoms with Gasteiger partial charge in [-0.2, -0.15) is 0 Å². The average molecular weight is 342 g/mol. The summed E-state index contributed by atoms with van der Waals surface area (Å²) in [5.74, 6) is 1.03. The van der Waals surface area contributed by atoms with Crippen molar-refractivity contribution in [3.8, 4) is 0 Å². The zero-order valence-electron chi connectivity index (χ0n) is 13.2. The van der Waals surface area contributed by atoms with Crippen LogP contribution in [0.3, 0.4) is 0 Å². The first-order chi connectivity index (χ1) is 8.72. The van der Waals surface area contributed by atoms with E-state index in [-0.39, 0.29) is 5.54 Å². The molecule has 0 aromatic heterocycles. The fourth-order valence-electron chi connectivity index (χ4n) is 1.80. The molecule has 0 saturated heterocycles. The quantitative estimate of drug-likeness (QED) is 0.619. The van der Waals surface area contributed by atoms with Crippen molar-refractivity contribution in [2.24, 2.45) is 6.99 Å². The van der Waals surface area contributed by atoms with Crippen molar-refractivity contribution in [1.82, 2.24) is 0 Å². The van der Waals surface area contributed by atoms with Crippen molar-refractivity contribution in [3.05, 3.63) is 29.3 Å². The summed E-state index contributed by atoms with van der Waals surface area (Å²) in [4.78, 5) is 0. The van der Waals surface area contributed by atoms with E-state index in [1.807, 2.05) is 0 Å². The molecule has 3 heteroatoms. The van der Waals surface area contributed by atoms with E-state index in [2.05, 4.69) is 66.7 Å². The minimum absolute atomic E-state index is 0.0382. The van der Waals surface area contributed by atoms with Crippen molar-refractivity contribution in [2.75, 3.05) is 0 Å². The van der Waals surface area contributed by atoms with Gasteiger partial charge < -0.3 is 0 Å². The third kappa shape index (κ3) is 5.18. The number of nitrogens with zero attached hydrogens (tertiary/aromatic N) is 2. The van der Waals surface area contributed by atoms with Crippen molar-refractivity contribution in [2.45, 2.75) is 65.8 Å². The molecule has 0 aliphatic rings. The Bertz CT molecular complexity index is 464. The van der Waals surface area contributed by atoms with E-state index >= 15 is 0 Å². The second-order valence-corrected chi connectivity index (χ2v) is 7.83. The molecule has 0 N–H and O–H groups in total. The molecule has 0 radical (unpaired) electrons. The first-order valence-corrected chi connectivity index (χ1v) is 8.74. The van der Waals surface area contributed by atoms with Crippen molar-refractivity contribution >= 4 is 5.69 Å². The van der Waals surface area contributed by atoms with Crippen molar-refractivity contribution in [1.29, 1.82) is 0 Å². The molecule has 104 valence electrons. The molecule has 1 rings (SSSR count). The normalized spacial score (nSPS) is 11.6. The standard InChI is InChI=1S/C12H17N.C4H9N.Mo/c1-8(2)10-6-5-7-11(9(3)4)12(10)13;1-4(2,3)5;/h5-9H,1-4H3;1-3H3;/q;;+2. The zero-order valence-corrected chi connectivity index (χ0v) is 15.2. The molecule has 0 aliphatic heterocycles. The van der Waals surface area contributed by atoms with Crippen LogP contribution in [0.5, 0.6) is 0 Å². The summed E-state index contributed by atoms with van der Waals surface area (Å²) < 4.78 is 9.61.